The SMILES string of the molecule is CCC(C)(C)c1cccc(Cn2cc(-c3cc(-c4cccc(C#N)c4C)nc(N)n3)nn2)n1.O=C=O. The minimum absolute atomic E-state index is 0.0133. The van der Waals surface area contributed by atoms with Crippen molar-refractivity contribution in [2.24, 2.45) is 0 Å². The number of pyridine rings is 1. The maximum absolute atomic E-state index is 9.34. The number of nitriles is 1. The van der Waals surface area contributed by atoms with Crippen LogP contribution >= 0.6 is 0 Å². The fraction of sp³-hybridized carbons (Fsp3) is 0.269. The molecule has 0 bridgehead atoms. The molecule has 0 fully saturated rings. The molecule has 0 aliphatic rings. The first kappa shape index (κ1) is 25.9. The number of nitrogens with zero attached hydrogens (tertiary/aromatic N) is 7. The molecule has 0 radical (unpaired) electrons. The number of rotatable bonds is 6. The summed E-state index contributed by atoms with van der Waals surface area (Å²) in [7, 11) is 0. The first-order chi connectivity index (χ1) is 17.2. The van der Waals surface area contributed by atoms with Gasteiger partial charge < -0.3 is 5.73 Å². The summed E-state index contributed by atoms with van der Waals surface area (Å²) in [5.41, 5.74) is 12.1. The molecule has 3 heterocycles. The van der Waals surface area contributed by atoms with E-state index < -0.39 is 0 Å². The Kier molecular flexibility index (Phi) is 8.00. The molecule has 4 rings (SSSR count). The Labute approximate surface area is 208 Å². The summed E-state index contributed by atoms with van der Waals surface area (Å²) in [6.07, 6.45) is 3.08. The summed E-state index contributed by atoms with van der Waals surface area (Å²) >= 11 is 0. The second-order valence-electron chi connectivity index (χ2n) is 8.72. The lowest BCUT2D eigenvalue weighted by Crippen LogP contribution is -2.18. The van der Waals surface area contributed by atoms with Crippen LogP contribution in [-0.2, 0) is 21.5 Å². The van der Waals surface area contributed by atoms with Crippen molar-refractivity contribution in [1.29, 1.82) is 5.26 Å². The zero-order valence-electron chi connectivity index (χ0n) is 20.6. The molecular formula is C26H26N8O2. The van der Waals surface area contributed by atoms with Crippen molar-refractivity contribution in [2.75, 3.05) is 5.73 Å². The van der Waals surface area contributed by atoms with Gasteiger partial charge in [0, 0.05) is 16.7 Å². The molecule has 4 aromatic rings. The van der Waals surface area contributed by atoms with E-state index in [-0.39, 0.29) is 17.5 Å². The van der Waals surface area contributed by atoms with Gasteiger partial charge in [0.2, 0.25) is 5.95 Å². The zero-order valence-corrected chi connectivity index (χ0v) is 20.6. The summed E-state index contributed by atoms with van der Waals surface area (Å²) in [6.45, 7) is 8.94. The maximum Gasteiger partial charge on any atom is 0.373 e. The van der Waals surface area contributed by atoms with Gasteiger partial charge in [0.15, 0.2) is 0 Å². The van der Waals surface area contributed by atoms with Crippen LogP contribution in [0.25, 0.3) is 22.6 Å². The Morgan fingerprint density at radius 1 is 1.03 bits per heavy atom. The van der Waals surface area contributed by atoms with E-state index in [1.54, 1.807) is 10.7 Å². The van der Waals surface area contributed by atoms with E-state index in [1.165, 1.54) is 0 Å². The fourth-order valence-corrected chi connectivity index (χ4v) is 3.55. The van der Waals surface area contributed by atoms with Crippen molar-refractivity contribution in [3.63, 3.8) is 0 Å². The molecule has 1 aromatic carbocycles. The molecule has 0 spiro atoms. The zero-order chi connectivity index (χ0) is 26.3. The van der Waals surface area contributed by atoms with Crippen molar-refractivity contribution >= 4 is 12.1 Å². The maximum atomic E-state index is 9.34. The van der Waals surface area contributed by atoms with Crippen LogP contribution in [0, 0.1) is 18.3 Å². The van der Waals surface area contributed by atoms with Gasteiger partial charge >= 0.3 is 6.15 Å². The highest BCUT2D eigenvalue weighted by Crippen LogP contribution is 2.28. The second-order valence-corrected chi connectivity index (χ2v) is 8.72. The summed E-state index contributed by atoms with van der Waals surface area (Å²) in [5.74, 6) is 0.134. The van der Waals surface area contributed by atoms with Crippen LogP contribution in [-0.4, -0.2) is 36.1 Å². The van der Waals surface area contributed by atoms with E-state index in [2.05, 4.69) is 53.2 Å². The van der Waals surface area contributed by atoms with Crippen LogP contribution in [0.5, 0.6) is 0 Å². The van der Waals surface area contributed by atoms with Gasteiger partial charge in [-0.25, -0.2) is 14.6 Å². The third-order valence-electron chi connectivity index (χ3n) is 5.98. The highest BCUT2D eigenvalue weighted by Gasteiger charge is 2.20. The van der Waals surface area contributed by atoms with Gasteiger partial charge in [-0.05, 0) is 43.2 Å². The molecule has 3 aromatic heterocycles. The van der Waals surface area contributed by atoms with Crippen LogP contribution in [0.15, 0.2) is 48.7 Å². The average Bonchev–Trinajstić information content (AvgIpc) is 3.33. The molecule has 0 saturated heterocycles. The van der Waals surface area contributed by atoms with E-state index in [0.717, 1.165) is 28.9 Å². The first-order valence-electron chi connectivity index (χ1n) is 11.2. The Bertz CT molecular complexity index is 1450. The van der Waals surface area contributed by atoms with E-state index in [0.29, 0.717) is 29.2 Å². The normalized spacial score (nSPS) is 10.6. The lowest BCUT2D eigenvalue weighted by Gasteiger charge is -2.22. The standard InChI is InChI=1S/C25H26N8.CO2/c1-5-25(3,4)23-11-7-9-18(28-23)14-33-15-22(31-32-33)21-12-20(29-24(27)30-21)19-10-6-8-17(13-26)16(19)2;2-1-3/h6-12,15H,5,14H2,1-4H3,(H2,27,29,30);. The van der Waals surface area contributed by atoms with Crippen molar-refractivity contribution < 1.29 is 9.59 Å². The molecule has 10 nitrogen and oxygen atoms in total. The van der Waals surface area contributed by atoms with E-state index in [4.69, 9.17) is 20.3 Å². The number of aromatic nitrogens is 6. The van der Waals surface area contributed by atoms with Gasteiger partial charge in [0.1, 0.15) is 5.69 Å². The summed E-state index contributed by atoms with van der Waals surface area (Å²) in [5, 5.41) is 17.9. The minimum Gasteiger partial charge on any atom is -0.368 e. The van der Waals surface area contributed by atoms with Gasteiger partial charge in [0.05, 0.1) is 41.5 Å². The number of nitrogens with two attached hydrogens (primary N) is 1. The van der Waals surface area contributed by atoms with Crippen LogP contribution in [0.1, 0.15) is 49.7 Å². The minimum atomic E-state index is 0.0133. The molecule has 0 unspecified atom stereocenters. The van der Waals surface area contributed by atoms with Crippen LogP contribution in [0.4, 0.5) is 5.95 Å². The monoisotopic (exact) mass is 482 g/mol. The molecule has 0 amide bonds. The summed E-state index contributed by atoms with van der Waals surface area (Å²) in [4.78, 5) is 29.8. The second kappa shape index (κ2) is 11.1. The molecule has 10 heteroatoms. The van der Waals surface area contributed by atoms with Crippen molar-refractivity contribution in [3.8, 4) is 28.7 Å². The van der Waals surface area contributed by atoms with Gasteiger partial charge in [-0.2, -0.15) is 14.9 Å². The summed E-state index contributed by atoms with van der Waals surface area (Å²) in [6, 6.07) is 15.6. The van der Waals surface area contributed by atoms with Crippen molar-refractivity contribution in [2.45, 2.75) is 46.1 Å². The highest BCUT2D eigenvalue weighted by molar-refractivity contribution is 5.71. The van der Waals surface area contributed by atoms with Gasteiger partial charge in [-0.1, -0.05) is 44.2 Å². The molecule has 0 saturated carbocycles. The highest BCUT2D eigenvalue weighted by atomic mass is 16.2. The Morgan fingerprint density at radius 2 is 1.72 bits per heavy atom. The smallest absolute Gasteiger partial charge is 0.368 e. The predicted molar refractivity (Wildman–Crippen MR) is 132 cm³/mol. The third kappa shape index (κ3) is 5.84. The Hall–Kier alpha value is -4.74. The topological polar surface area (TPSA) is 153 Å². The van der Waals surface area contributed by atoms with Gasteiger partial charge in [-0.15, -0.1) is 5.10 Å². The number of hydrogen-bond donors (Lipinski definition) is 1. The molecule has 0 aliphatic heterocycles. The number of anilines is 1. The van der Waals surface area contributed by atoms with Crippen LogP contribution in [0.2, 0.25) is 0 Å². The number of carbonyl (C=O) groups excluding carboxylic acids is 2. The summed E-state index contributed by atoms with van der Waals surface area (Å²) < 4.78 is 1.74. The predicted octanol–water partition coefficient (Wildman–Crippen LogP) is 3.71. The van der Waals surface area contributed by atoms with E-state index >= 15 is 0 Å². The van der Waals surface area contributed by atoms with Gasteiger partial charge in [0.25, 0.3) is 0 Å². The van der Waals surface area contributed by atoms with Gasteiger partial charge in [-0.3, -0.25) is 4.98 Å². The first-order valence-corrected chi connectivity index (χ1v) is 11.2. The molecule has 36 heavy (non-hydrogen) atoms. The molecular weight excluding hydrogens is 456 g/mol. The lowest BCUT2D eigenvalue weighted by molar-refractivity contribution is -0.191. The van der Waals surface area contributed by atoms with E-state index in [1.807, 2.05) is 43.5 Å². The van der Waals surface area contributed by atoms with Crippen LogP contribution < -0.4 is 5.73 Å². The van der Waals surface area contributed by atoms with Crippen molar-refractivity contribution in [3.05, 3.63) is 71.2 Å². The largest absolute Gasteiger partial charge is 0.373 e. The molecule has 182 valence electrons. The van der Waals surface area contributed by atoms with Crippen molar-refractivity contribution in [1.82, 2.24) is 29.9 Å². The number of benzene rings is 1. The number of hydrogen-bond acceptors (Lipinski definition) is 9. The Balaban J connectivity index is 0.00000115. The number of nitrogen functional groups attached to an aromatic ring is 1. The van der Waals surface area contributed by atoms with Crippen LogP contribution in [0.3, 0.4) is 0 Å². The fourth-order valence-electron chi connectivity index (χ4n) is 3.55. The molecule has 0 aliphatic carbocycles. The van der Waals surface area contributed by atoms with E-state index in [9.17, 15) is 5.26 Å². The quantitative estimate of drug-likeness (QED) is 0.433. The molecule has 0 atom stereocenters. The Morgan fingerprint density at radius 3 is 2.42 bits per heavy atom. The lowest BCUT2D eigenvalue weighted by atomic mass is 9.86. The third-order valence-corrected chi connectivity index (χ3v) is 5.98. The molecule has 2 N–H and O–H groups in total. The average molecular weight is 483 g/mol.